The van der Waals surface area contributed by atoms with Gasteiger partial charge in [0.25, 0.3) is 0 Å². The monoisotopic (exact) mass is 512 g/mol. The molecule has 5 aromatic rings. The van der Waals surface area contributed by atoms with Gasteiger partial charge in [-0.05, 0) is 53.3 Å². The van der Waals surface area contributed by atoms with Crippen LogP contribution >= 0.6 is 0 Å². The lowest BCUT2D eigenvalue weighted by atomic mass is 10.00. The number of hydrogen-bond acceptors (Lipinski definition) is 6. The Morgan fingerprint density at radius 2 is 1.82 bits per heavy atom. The number of hydrogen-bond donors (Lipinski definition) is 2. The standard InChI is InChI=1S/C28H32N8O2/c1-3-5-6-24-18-36(27-22(19-37)12-15-34(27)14-4-2)28(38)35(24)17-23-16-29-13-11-25(23)20-7-9-21(10-8-20)26-30-32-33-31-26/h7-13,15-16,18,37H,3-6,14,17,19H2,1-2H3,(H,30,31,32,33). The van der Waals surface area contributed by atoms with Gasteiger partial charge in [0.1, 0.15) is 5.82 Å². The fourth-order valence-electron chi connectivity index (χ4n) is 4.84. The van der Waals surface area contributed by atoms with E-state index >= 15 is 0 Å². The maximum absolute atomic E-state index is 13.9. The summed E-state index contributed by atoms with van der Waals surface area (Å²) in [5.74, 6) is 1.27. The molecule has 0 amide bonds. The summed E-state index contributed by atoms with van der Waals surface area (Å²) in [5.41, 5.74) is 5.41. The number of tetrazole rings is 1. The summed E-state index contributed by atoms with van der Waals surface area (Å²) >= 11 is 0. The normalized spacial score (nSPS) is 11.3. The van der Waals surface area contributed by atoms with Crippen molar-refractivity contribution in [3.8, 4) is 28.3 Å². The molecule has 0 aliphatic carbocycles. The van der Waals surface area contributed by atoms with Crippen LogP contribution in [0.2, 0.25) is 0 Å². The second-order valence-corrected chi connectivity index (χ2v) is 9.32. The second-order valence-electron chi connectivity index (χ2n) is 9.32. The number of imidazole rings is 1. The van der Waals surface area contributed by atoms with Gasteiger partial charge in [-0.2, -0.15) is 5.21 Å². The van der Waals surface area contributed by atoms with Gasteiger partial charge in [-0.1, -0.05) is 44.5 Å². The fraction of sp³-hybridized carbons (Fsp3) is 0.321. The minimum Gasteiger partial charge on any atom is -0.392 e. The number of aliphatic hydroxyl groups is 1. The van der Waals surface area contributed by atoms with Crippen molar-refractivity contribution in [1.29, 1.82) is 0 Å². The van der Waals surface area contributed by atoms with E-state index in [0.717, 1.165) is 71.6 Å². The second kappa shape index (κ2) is 11.4. The lowest BCUT2D eigenvalue weighted by Gasteiger charge is -2.12. The van der Waals surface area contributed by atoms with Gasteiger partial charge < -0.3 is 9.67 Å². The third-order valence-electron chi connectivity index (χ3n) is 6.76. The van der Waals surface area contributed by atoms with E-state index < -0.39 is 0 Å². The molecule has 10 nitrogen and oxygen atoms in total. The summed E-state index contributed by atoms with van der Waals surface area (Å²) in [6.07, 6.45) is 11.2. The first-order valence-corrected chi connectivity index (χ1v) is 13.0. The zero-order chi connectivity index (χ0) is 26.5. The predicted octanol–water partition coefficient (Wildman–Crippen LogP) is 3.98. The van der Waals surface area contributed by atoms with Crippen molar-refractivity contribution in [2.75, 3.05) is 0 Å². The van der Waals surface area contributed by atoms with Gasteiger partial charge in [0.05, 0.1) is 13.2 Å². The third kappa shape index (κ3) is 4.95. The molecule has 0 radical (unpaired) electrons. The minimum absolute atomic E-state index is 0.121. The third-order valence-corrected chi connectivity index (χ3v) is 6.76. The highest BCUT2D eigenvalue weighted by Crippen LogP contribution is 2.27. The largest absolute Gasteiger partial charge is 0.392 e. The molecule has 0 aliphatic heterocycles. The van der Waals surface area contributed by atoms with E-state index in [1.54, 1.807) is 10.8 Å². The number of aromatic nitrogens is 8. The van der Waals surface area contributed by atoms with Crippen LogP contribution in [0.5, 0.6) is 0 Å². The van der Waals surface area contributed by atoms with Crippen LogP contribution in [0.3, 0.4) is 0 Å². The molecule has 0 unspecified atom stereocenters. The molecule has 4 heterocycles. The van der Waals surface area contributed by atoms with Crippen LogP contribution in [0.25, 0.3) is 28.3 Å². The Morgan fingerprint density at radius 1 is 1.00 bits per heavy atom. The van der Waals surface area contributed by atoms with Crippen LogP contribution in [-0.2, 0) is 26.1 Å². The fourth-order valence-corrected chi connectivity index (χ4v) is 4.84. The van der Waals surface area contributed by atoms with E-state index in [4.69, 9.17) is 0 Å². The number of nitrogens with zero attached hydrogens (tertiary/aromatic N) is 7. The highest BCUT2D eigenvalue weighted by Gasteiger charge is 2.19. The van der Waals surface area contributed by atoms with E-state index in [-0.39, 0.29) is 12.3 Å². The van der Waals surface area contributed by atoms with Gasteiger partial charge in [-0.15, -0.1) is 10.2 Å². The zero-order valence-electron chi connectivity index (χ0n) is 21.7. The van der Waals surface area contributed by atoms with Crippen molar-refractivity contribution in [2.45, 2.75) is 59.2 Å². The Labute approximate surface area is 220 Å². The molecule has 38 heavy (non-hydrogen) atoms. The van der Waals surface area contributed by atoms with Gasteiger partial charge in [-0.3, -0.25) is 14.1 Å². The van der Waals surface area contributed by atoms with Gasteiger partial charge >= 0.3 is 5.69 Å². The minimum atomic E-state index is -0.124. The Balaban J connectivity index is 1.55. The molecule has 4 aromatic heterocycles. The molecule has 10 heteroatoms. The smallest absolute Gasteiger partial charge is 0.334 e. The average molecular weight is 513 g/mol. The molecule has 0 aliphatic rings. The van der Waals surface area contributed by atoms with Gasteiger partial charge in [0, 0.05) is 48.2 Å². The summed E-state index contributed by atoms with van der Waals surface area (Å²) in [5, 5.41) is 24.2. The number of aliphatic hydroxyl groups excluding tert-OH is 1. The molecule has 0 saturated heterocycles. The number of rotatable bonds is 11. The van der Waals surface area contributed by atoms with Crippen LogP contribution in [0, 0.1) is 0 Å². The first-order chi connectivity index (χ1) is 18.6. The van der Waals surface area contributed by atoms with Crippen molar-refractivity contribution in [1.82, 2.24) is 39.3 Å². The number of aryl methyl sites for hydroxylation is 2. The molecule has 0 bridgehead atoms. The highest BCUT2D eigenvalue weighted by molar-refractivity contribution is 5.70. The predicted molar refractivity (Wildman–Crippen MR) is 145 cm³/mol. The molecule has 1 aromatic carbocycles. The highest BCUT2D eigenvalue weighted by atomic mass is 16.3. The number of benzene rings is 1. The zero-order valence-corrected chi connectivity index (χ0v) is 21.7. The molecule has 5 rings (SSSR count). The number of pyridine rings is 1. The van der Waals surface area contributed by atoms with E-state index in [1.807, 2.05) is 64.1 Å². The van der Waals surface area contributed by atoms with Crippen LogP contribution in [0.1, 0.15) is 49.9 Å². The van der Waals surface area contributed by atoms with Crippen LogP contribution < -0.4 is 5.69 Å². The summed E-state index contributed by atoms with van der Waals surface area (Å²) in [4.78, 5) is 18.3. The van der Waals surface area contributed by atoms with E-state index in [2.05, 4.69) is 39.5 Å². The Morgan fingerprint density at radius 3 is 2.53 bits per heavy atom. The average Bonchev–Trinajstić information content (AvgIpc) is 3.69. The van der Waals surface area contributed by atoms with Crippen molar-refractivity contribution in [2.24, 2.45) is 0 Å². The molecule has 0 fully saturated rings. The molecule has 0 spiro atoms. The maximum atomic E-state index is 13.9. The number of nitrogens with one attached hydrogen (secondary N) is 1. The molecule has 0 saturated carbocycles. The van der Waals surface area contributed by atoms with E-state index in [9.17, 15) is 9.90 Å². The van der Waals surface area contributed by atoms with Crippen LogP contribution in [-0.4, -0.2) is 44.4 Å². The lowest BCUT2D eigenvalue weighted by molar-refractivity contribution is 0.281. The molecule has 2 N–H and O–H groups in total. The number of unbranched alkanes of at least 4 members (excludes halogenated alkanes) is 1. The van der Waals surface area contributed by atoms with Crippen molar-refractivity contribution >= 4 is 0 Å². The summed E-state index contributed by atoms with van der Waals surface area (Å²) < 4.78 is 5.58. The SMILES string of the molecule is CCCCc1cn(-c2c(CO)ccn2CCC)c(=O)n1Cc1cnccc1-c1ccc(-c2nn[nH]n2)cc1. The first-order valence-electron chi connectivity index (χ1n) is 13.0. The van der Waals surface area contributed by atoms with Gasteiger partial charge in [0.2, 0.25) is 5.82 Å². The molecule has 196 valence electrons. The van der Waals surface area contributed by atoms with E-state index in [0.29, 0.717) is 12.4 Å². The van der Waals surface area contributed by atoms with Crippen molar-refractivity contribution in [3.05, 3.63) is 88.5 Å². The van der Waals surface area contributed by atoms with Gasteiger partial charge in [0.15, 0.2) is 0 Å². The Kier molecular flexibility index (Phi) is 7.60. The van der Waals surface area contributed by atoms with Crippen LogP contribution in [0.15, 0.2) is 66.0 Å². The molecule has 0 atom stereocenters. The molecular formula is C28H32N8O2. The summed E-state index contributed by atoms with van der Waals surface area (Å²) in [6, 6.07) is 11.8. The van der Waals surface area contributed by atoms with Crippen LogP contribution in [0.4, 0.5) is 0 Å². The quantitative estimate of drug-likeness (QED) is 0.276. The Bertz CT molecular complexity index is 1540. The molecular weight excluding hydrogens is 480 g/mol. The topological polar surface area (TPSA) is 119 Å². The van der Waals surface area contributed by atoms with E-state index in [1.165, 1.54) is 0 Å². The lowest BCUT2D eigenvalue weighted by Crippen LogP contribution is -2.27. The number of aromatic amines is 1. The Hall–Kier alpha value is -4.31. The first kappa shape index (κ1) is 25.3. The van der Waals surface area contributed by atoms with Gasteiger partial charge in [-0.25, -0.2) is 4.79 Å². The maximum Gasteiger partial charge on any atom is 0.334 e. The van der Waals surface area contributed by atoms with Crippen molar-refractivity contribution < 1.29 is 5.11 Å². The summed E-state index contributed by atoms with van der Waals surface area (Å²) in [7, 11) is 0. The summed E-state index contributed by atoms with van der Waals surface area (Å²) in [6.45, 7) is 5.28. The number of H-pyrrole nitrogens is 1. The van der Waals surface area contributed by atoms with Crippen molar-refractivity contribution in [3.63, 3.8) is 0 Å².